The number of hydrogen-bond donors (Lipinski definition) is 1. The van der Waals surface area contributed by atoms with E-state index in [1.807, 2.05) is 14.0 Å². The van der Waals surface area contributed by atoms with Crippen molar-refractivity contribution in [1.82, 2.24) is 14.5 Å². The van der Waals surface area contributed by atoms with Crippen LogP contribution >= 0.6 is 0 Å². The number of nitrogens with two attached hydrogens (primary N) is 1. The molecule has 0 aliphatic rings. The van der Waals surface area contributed by atoms with Crippen LogP contribution in [0.25, 0.3) is 11.0 Å². The number of hydrogen-bond acceptors (Lipinski definition) is 3. The van der Waals surface area contributed by atoms with Crippen LogP contribution in [0.3, 0.4) is 0 Å². The normalized spacial score (nSPS) is 11.6. The molecular formula is C13H20N4. The fraction of sp³-hybridized carbons (Fsp3) is 0.538. The Hall–Kier alpha value is -1.42. The van der Waals surface area contributed by atoms with Gasteiger partial charge in [-0.15, -0.1) is 0 Å². The first-order valence-corrected chi connectivity index (χ1v) is 6.07. The molecule has 2 rings (SSSR count). The second-order valence-corrected chi connectivity index (χ2v) is 4.81. The van der Waals surface area contributed by atoms with Gasteiger partial charge < -0.3 is 10.3 Å². The van der Waals surface area contributed by atoms with Crippen LogP contribution in [0.5, 0.6) is 0 Å². The molecule has 4 heteroatoms. The number of nitrogens with zero attached hydrogens (tertiary/aromatic N) is 3. The van der Waals surface area contributed by atoms with Gasteiger partial charge in [-0.1, -0.05) is 13.8 Å². The van der Waals surface area contributed by atoms with E-state index in [1.54, 1.807) is 0 Å². The summed E-state index contributed by atoms with van der Waals surface area (Å²) in [5.74, 6) is 1.24. The summed E-state index contributed by atoms with van der Waals surface area (Å²) in [7, 11) is 2.03. The number of fused-ring (bicyclic) bond motifs is 1. The maximum absolute atomic E-state index is 5.67. The molecule has 2 heterocycles. The Labute approximate surface area is 102 Å². The standard InChI is InChI=1S/C13H20N4/c1-8(2)12-11-10(5-6-14)7-17(4)13(11)16-9(3)15-12/h7-8H,5-6,14H2,1-4H3. The summed E-state index contributed by atoms with van der Waals surface area (Å²) >= 11 is 0. The molecule has 0 spiro atoms. The summed E-state index contributed by atoms with van der Waals surface area (Å²) in [5, 5.41) is 1.19. The minimum absolute atomic E-state index is 0.401. The Morgan fingerprint density at radius 1 is 1.35 bits per heavy atom. The second-order valence-electron chi connectivity index (χ2n) is 4.81. The highest BCUT2D eigenvalue weighted by Crippen LogP contribution is 2.27. The third kappa shape index (κ3) is 2.05. The van der Waals surface area contributed by atoms with E-state index in [1.165, 1.54) is 10.9 Å². The van der Waals surface area contributed by atoms with Crippen LogP contribution in [0, 0.1) is 6.92 Å². The van der Waals surface area contributed by atoms with Crippen LogP contribution < -0.4 is 5.73 Å². The molecule has 2 aromatic rings. The van der Waals surface area contributed by atoms with Gasteiger partial charge in [0.25, 0.3) is 0 Å². The second kappa shape index (κ2) is 4.45. The van der Waals surface area contributed by atoms with Crippen molar-refractivity contribution in [1.29, 1.82) is 0 Å². The zero-order valence-electron chi connectivity index (χ0n) is 11.0. The van der Waals surface area contributed by atoms with Gasteiger partial charge >= 0.3 is 0 Å². The lowest BCUT2D eigenvalue weighted by molar-refractivity contribution is 0.812. The molecule has 0 saturated heterocycles. The quantitative estimate of drug-likeness (QED) is 0.879. The predicted molar refractivity (Wildman–Crippen MR) is 70.1 cm³/mol. The lowest BCUT2D eigenvalue weighted by Gasteiger charge is -2.09. The minimum Gasteiger partial charge on any atom is -0.335 e. The molecule has 2 aromatic heterocycles. The highest BCUT2D eigenvalue weighted by atomic mass is 15.0. The van der Waals surface area contributed by atoms with Crippen LogP contribution in [0.2, 0.25) is 0 Å². The topological polar surface area (TPSA) is 56.7 Å². The first-order valence-electron chi connectivity index (χ1n) is 6.07. The van der Waals surface area contributed by atoms with E-state index in [4.69, 9.17) is 5.73 Å². The Balaban J connectivity index is 2.78. The van der Waals surface area contributed by atoms with E-state index >= 15 is 0 Å². The van der Waals surface area contributed by atoms with Crippen LogP contribution in [-0.4, -0.2) is 21.1 Å². The molecule has 0 aliphatic carbocycles. The summed E-state index contributed by atoms with van der Waals surface area (Å²) in [6, 6.07) is 0. The monoisotopic (exact) mass is 232 g/mol. The third-order valence-corrected chi connectivity index (χ3v) is 2.99. The summed E-state index contributed by atoms with van der Waals surface area (Å²) in [6.07, 6.45) is 3.00. The zero-order valence-corrected chi connectivity index (χ0v) is 11.0. The van der Waals surface area contributed by atoms with E-state index in [0.29, 0.717) is 12.5 Å². The highest BCUT2D eigenvalue weighted by Gasteiger charge is 2.16. The fourth-order valence-electron chi connectivity index (χ4n) is 2.26. The van der Waals surface area contributed by atoms with Gasteiger partial charge in [0, 0.05) is 18.6 Å². The lowest BCUT2D eigenvalue weighted by Crippen LogP contribution is -2.04. The molecule has 4 nitrogen and oxygen atoms in total. The van der Waals surface area contributed by atoms with Crippen LogP contribution in [0.1, 0.15) is 36.8 Å². The van der Waals surface area contributed by atoms with E-state index in [0.717, 1.165) is 23.6 Å². The van der Waals surface area contributed by atoms with Crippen molar-refractivity contribution in [2.75, 3.05) is 6.54 Å². The van der Waals surface area contributed by atoms with E-state index in [9.17, 15) is 0 Å². The van der Waals surface area contributed by atoms with Crippen molar-refractivity contribution in [2.24, 2.45) is 12.8 Å². The zero-order chi connectivity index (χ0) is 12.6. The number of aromatic nitrogens is 3. The van der Waals surface area contributed by atoms with Gasteiger partial charge in [0.1, 0.15) is 11.5 Å². The van der Waals surface area contributed by atoms with E-state index < -0.39 is 0 Å². The largest absolute Gasteiger partial charge is 0.335 e. The van der Waals surface area contributed by atoms with Gasteiger partial charge in [-0.25, -0.2) is 9.97 Å². The fourth-order valence-corrected chi connectivity index (χ4v) is 2.26. The minimum atomic E-state index is 0.401. The maximum atomic E-state index is 5.67. The molecule has 92 valence electrons. The summed E-state index contributed by atoms with van der Waals surface area (Å²) in [6.45, 7) is 6.94. The highest BCUT2D eigenvalue weighted by molar-refractivity contribution is 5.83. The number of rotatable bonds is 3. The Morgan fingerprint density at radius 2 is 2.06 bits per heavy atom. The molecular weight excluding hydrogens is 212 g/mol. The van der Waals surface area contributed by atoms with Gasteiger partial charge in [0.15, 0.2) is 0 Å². The first kappa shape index (κ1) is 12.0. The molecule has 0 saturated carbocycles. The SMILES string of the molecule is Cc1nc(C(C)C)c2c(CCN)cn(C)c2n1. The van der Waals surface area contributed by atoms with Crippen molar-refractivity contribution < 1.29 is 0 Å². The van der Waals surface area contributed by atoms with Crippen molar-refractivity contribution >= 4 is 11.0 Å². The molecule has 0 atom stereocenters. The van der Waals surface area contributed by atoms with Crippen molar-refractivity contribution in [2.45, 2.75) is 33.1 Å². The third-order valence-electron chi connectivity index (χ3n) is 2.99. The summed E-state index contributed by atoms with van der Waals surface area (Å²) in [4.78, 5) is 9.12. The van der Waals surface area contributed by atoms with Crippen LogP contribution in [0.15, 0.2) is 6.20 Å². The molecule has 0 unspecified atom stereocenters. The van der Waals surface area contributed by atoms with Crippen LogP contribution in [0.4, 0.5) is 0 Å². The molecule has 0 amide bonds. The maximum Gasteiger partial charge on any atom is 0.143 e. The first-order chi connectivity index (χ1) is 8.04. The molecule has 0 fully saturated rings. The summed E-state index contributed by atoms with van der Waals surface area (Å²) in [5.41, 5.74) is 9.08. The molecule has 0 bridgehead atoms. The lowest BCUT2D eigenvalue weighted by atomic mass is 10.0. The van der Waals surface area contributed by atoms with Crippen molar-refractivity contribution in [3.05, 3.63) is 23.3 Å². The van der Waals surface area contributed by atoms with Gasteiger partial charge in [-0.05, 0) is 31.4 Å². The van der Waals surface area contributed by atoms with Crippen molar-refractivity contribution in [3.63, 3.8) is 0 Å². The molecule has 0 aliphatic heterocycles. The molecule has 17 heavy (non-hydrogen) atoms. The average Bonchev–Trinajstić information content (AvgIpc) is 2.55. The van der Waals surface area contributed by atoms with Gasteiger partial charge in [-0.3, -0.25) is 0 Å². The Bertz CT molecular complexity index is 540. The van der Waals surface area contributed by atoms with Crippen LogP contribution in [-0.2, 0) is 13.5 Å². The van der Waals surface area contributed by atoms with Gasteiger partial charge in [0.05, 0.1) is 5.69 Å². The predicted octanol–water partition coefficient (Wildman–Crippen LogP) is 1.90. The smallest absolute Gasteiger partial charge is 0.143 e. The molecule has 2 N–H and O–H groups in total. The molecule has 0 radical (unpaired) electrons. The average molecular weight is 232 g/mol. The Morgan fingerprint density at radius 3 is 2.65 bits per heavy atom. The van der Waals surface area contributed by atoms with E-state index in [2.05, 4.69) is 34.6 Å². The van der Waals surface area contributed by atoms with Crippen molar-refractivity contribution in [3.8, 4) is 0 Å². The van der Waals surface area contributed by atoms with Gasteiger partial charge in [-0.2, -0.15) is 0 Å². The van der Waals surface area contributed by atoms with E-state index in [-0.39, 0.29) is 0 Å². The summed E-state index contributed by atoms with van der Waals surface area (Å²) < 4.78 is 2.07. The number of aryl methyl sites for hydroxylation is 2. The molecule has 0 aromatic carbocycles. The Kier molecular flexibility index (Phi) is 3.15. The van der Waals surface area contributed by atoms with Gasteiger partial charge in [0.2, 0.25) is 0 Å².